The lowest BCUT2D eigenvalue weighted by Gasteiger charge is -2.38. The zero-order valence-corrected chi connectivity index (χ0v) is 19.1. The number of Topliss-reactive ketones (excluding diaryl/α,β-unsaturated/α-hetero) is 1. The van der Waals surface area contributed by atoms with E-state index in [2.05, 4.69) is 4.98 Å². The number of hydrogen-bond acceptors (Lipinski definition) is 4. The van der Waals surface area contributed by atoms with Gasteiger partial charge in [0.25, 0.3) is 5.91 Å². The molecular weight excluding hydrogens is 404 g/mol. The summed E-state index contributed by atoms with van der Waals surface area (Å²) in [4.78, 5) is 31.0. The van der Waals surface area contributed by atoms with Gasteiger partial charge in [-0.25, -0.2) is 0 Å². The molecule has 32 heavy (non-hydrogen) atoms. The van der Waals surface area contributed by atoms with E-state index in [1.165, 1.54) is 6.92 Å². The Bertz CT molecular complexity index is 1180. The molecule has 1 aliphatic heterocycles. The first-order valence-electron chi connectivity index (χ1n) is 10.7. The van der Waals surface area contributed by atoms with Crippen LogP contribution in [0.4, 0.5) is 0 Å². The molecule has 1 N–H and O–H groups in total. The number of ether oxygens (including phenoxy) is 2. The largest absolute Gasteiger partial charge is 0.493 e. The summed E-state index contributed by atoms with van der Waals surface area (Å²) in [7, 11) is 3.24. The minimum atomic E-state index is -0.281. The first kappa shape index (κ1) is 21.7. The fourth-order valence-corrected chi connectivity index (χ4v) is 4.79. The van der Waals surface area contributed by atoms with Crippen LogP contribution in [0.1, 0.15) is 61.8 Å². The van der Waals surface area contributed by atoms with Crippen molar-refractivity contribution in [3.8, 4) is 11.5 Å². The van der Waals surface area contributed by atoms with Crippen molar-refractivity contribution in [2.75, 3.05) is 20.8 Å². The maximum absolute atomic E-state index is 13.8. The molecule has 3 aromatic rings. The molecule has 1 aromatic heterocycles. The van der Waals surface area contributed by atoms with Crippen LogP contribution in [-0.4, -0.2) is 42.3 Å². The molecule has 1 amide bonds. The van der Waals surface area contributed by atoms with Gasteiger partial charge in [-0.2, -0.15) is 0 Å². The van der Waals surface area contributed by atoms with Gasteiger partial charge >= 0.3 is 0 Å². The van der Waals surface area contributed by atoms with Gasteiger partial charge in [-0.15, -0.1) is 0 Å². The number of carbonyl (C=O) groups is 2. The van der Waals surface area contributed by atoms with Crippen molar-refractivity contribution in [3.05, 3.63) is 81.7 Å². The molecule has 1 atom stereocenters. The smallest absolute Gasteiger partial charge is 0.271 e. The highest BCUT2D eigenvalue weighted by molar-refractivity contribution is 6.02. The monoisotopic (exact) mass is 432 g/mol. The van der Waals surface area contributed by atoms with E-state index in [0.717, 1.165) is 22.4 Å². The van der Waals surface area contributed by atoms with Gasteiger partial charge in [-0.05, 0) is 61.6 Å². The van der Waals surface area contributed by atoms with Crippen molar-refractivity contribution in [3.63, 3.8) is 0 Å². The van der Waals surface area contributed by atoms with Crippen molar-refractivity contribution in [2.24, 2.45) is 0 Å². The maximum Gasteiger partial charge on any atom is 0.271 e. The quantitative estimate of drug-likeness (QED) is 0.596. The Morgan fingerprint density at radius 1 is 1.03 bits per heavy atom. The lowest BCUT2D eigenvalue weighted by Crippen LogP contribution is -2.41. The van der Waals surface area contributed by atoms with E-state index < -0.39 is 0 Å². The van der Waals surface area contributed by atoms with Crippen LogP contribution in [0.25, 0.3) is 0 Å². The third kappa shape index (κ3) is 3.55. The van der Waals surface area contributed by atoms with Crippen LogP contribution in [0.5, 0.6) is 11.5 Å². The highest BCUT2D eigenvalue weighted by Crippen LogP contribution is 2.41. The minimum Gasteiger partial charge on any atom is -0.493 e. The average Bonchev–Trinajstić information content (AvgIpc) is 3.11. The van der Waals surface area contributed by atoms with Gasteiger partial charge in [-0.1, -0.05) is 30.3 Å². The number of rotatable bonds is 5. The van der Waals surface area contributed by atoms with E-state index in [4.69, 9.17) is 9.47 Å². The molecular formula is C26H28N2O4. The Hall–Kier alpha value is -3.54. The molecule has 6 nitrogen and oxygen atoms in total. The standard InChI is InChI=1S/C26H28N2O4/c1-15-23(17(3)29)16(2)27-24(15)26(30)28-12-11-19-13-21(31-4)22(32-5)14-20(19)25(28)18-9-7-6-8-10-18/h6-10,13-14,25,27H,11-12H2,1-5H3/t25-/m1/s1. The Morgan fingerprint density at radius 3 is 2.28 bits per heavy atom. The van der Waals surface area contributed by atoms with E-state index in [-0.39, 0.29) is 17.7 Å². The molecule has 0 aliphatic carbocycles. The van der Waals surface area contributed by atoms with Crippen LogP contribution in [0.3, 0.4) is 0 Å². The summed E-state index contributed by atoms with van der Waals surface area (Å²) in [5.74, 6) is 1.15. The molecule has 0 bridgehead atoms. The molecule has 0 unspecified atom stereocenters. The van der Waals surface area contributed by atoms with Gasteiger partial charge in [0, 0.05) is 17.8 Å². The molecule has 0 radical (unpaired) electrons. The third-order valence-corrected chi connectivity index (χ3v) is 6.25. The summed E-state index contributed by atoms with van der Waals surface area (Å²) >= 11 is 0. The molecule has 6 heteroatoms. The second kappa shape index (κ2) is 8.54. The number of nitrogens with zero attached hydrogens (tertiary/aromatic N) is 1. The number of aryl methyl sites for hydroxylation is 1. The van der Waals surface area contributed by atoms with Crippen LogP contribution >= 0.6 is 0 Å². The first-order valence-corrected chi connectivity index (χ1v) is 10.7. The lowest BCUT2D eigenvalue weighted by molar-refractivity contribution is 0.0688. The molecule has 4 rings (SSSR count). The number of amides is 1. The summed E-state index contributed by atoms with van der Waals surface area (Å²) in [5.41, 5.74) is 5.64. The topological polar surface area (TPSA) is 71.6 Å². The maximum atomic E-state index is 13.8. The average molecular weight is 433 g/mol. The number of H-pyrrole nitrogens is 1. The number of carbonyl (C=O) groups excluding carboxylic acids is 2. The van der Waals surface area contributed by atoms with Gasteiger partial charge in [0.05, 0.1) is 20.3 Å². The molecule has 0 saturated carbocycles. The van der Waals surface area contributed by atoms with Crippen LogP contribution in [0.2, 0.25) is 0 Å². The van der Waals surface area contributed by atoms with Crippen LogP contribution in [-0.2, 0) is 6.42 Å². The number of fused-ring (bicyclic) bond motifs is 1. The van der Waals surface area contributed by atoms with Gasteiger partial charge in [-0.3, -0.25) is 9.59 Å². The highest BCUT2D eigenvalue weighted by atomic mass is 16.5. The molecule has 2 heterocycles. The number of aromatic amines is 1. The van der Waals surface area contributed by atoms with Gasteiger partial charge in [0.15, 0.2) is 17.3 Å². The van der Waals surface area contributed by atoms with E-state index in [0.29, 0.717) is 41.3 Å². The highest BCUT2D eigenvalue weighted by Gasteiger charge is 2.35. The zero-order chi connectivity index (χ0) is 23.0. The predicted molar refractivity (Wildman–Crippen MR) is 123 cm³/mol. The number of nitrogens with one attached hydrogen (secondary N) is 1. The normalized spacial score (nSPS) is 15.3. The second-order valence-corrected chi connectivity index (χ2v) is 8.15. The van der Waals surface area contributed by atoms with E-state index in [1.54, 1.807) is 14.2 Å². The second-order valence-electron chi connectivity index (χ2n) is 8.15. The molecule has 0 fully saturated rings. The van der Waals surface area contributed by atoms with Gasteiger partial charge in [0.1, 0.15) is 5.69 Å². The Kier molecular flexibility index (Phi) is 5.78. The van der Waals surface area contributed by atoms with Crippen LogP contribution in [0.15, 0.2) is 42.5 Å². The van der Waals surface area contributed by atoms with Crippen molar-refractivity contribution < 1.29 is 19.1 Å². The zero-order valence-electron chi connectivity index (χ0n) is 19.1. The number of benzene rings is 2. The Balaban J connectivity index is 1.85. The van der Waals surface area contributed by atoms with E-state index in [1.807, 2.05) is 61.2 Å². The molecule has 166 valence electrons. The van der Waals surface area contributed by atoms with Crippen molar-refractivity contribution in [2.45, 2.75) is 33.2 Å². The number of methoxy groups -OCH3 is 2. The van der Waals surface area contributed by atoms with E-state index in [9.17, 15) is 9.59 Å². The Labute approximate surface area is 188 Å². The SMILES string of the molecule is COc1cc2c(cc1OC)[C@@H](c1ccccc1)N(C(=O)c1[nH]c(C)c(C(C)=O)c1C)CC2. The first-order chi connectivity index (χ1) is 15.4. The minimum absolute atomic E-state index is 0.0456. The molecule has 0 spiro atoms. The number of aromatic nitrogens is 1. The van der Waals surface area contributed by atoms with Crippen molar-refractivity contribution >= 4 is 11.7 Å². The van der Waals surface area contributed by atoms with Crippen LogP contribution in [0, 0.1) is 13.8 Å². The summed E-state index contributed by atoms with van der Waals surface area (Å²) in [6.45, 7) is 5.74. The van der Waals surface area contributed by atoms with Crippen molar-refractivity contribution in [1.29, 1.82) is 0 Å². The number of ketones is 1. The third-order valence-electron chi connectivity index (χ3n) is 6.25. The lowest BCUT2D eigenvalue weighted by atomic mass is 9.87. The summed E-state index contributed by atoms with van der Waals surface area (Å²) in [5, 5.41) is 0. The molecule has 2 aromatic carbocycles. The van der Waals surface area contributed by atoms with E-state index >= 15 is 0 Å². The fourth-order valence-electron chi connectivity index (χ4n) is 4.79. The molecule has 1 aliphatic rings. The summed E-state index contributed by atoms with van der Waals surface area (Å²) in [6, 6.07) is 13.7. The Morgan fingerprint density at radius 2 is 1.69 bits per heavy atom. The fraction of sp³-hybridized carbons (Fsp3) is 0.308. The predicted octanol–water partition coefficient (Wildman–Crippen LogP) is 4.64. The summed E-state index contributed by atoms with van der Waals surface area (Å²) < 4.78 is 11.1. The van der Waals surface area contributed by atoms with Gasteiger partial charge < -0.3 is 19.4 Å². The summed E-state index contributed by atoms with van der Waals surface area (Å²) in [6.07, 6.45) is 0.697. The van der Waals surface area contributed by atoms with Crippen LogP contribution < -0.4 is 9.47 Å². The molecule has 0 saturated heterocycles. The van der Waals surface area contributed by atoms with Gasteiger partial charge in [0.2, 0.25) is 0 Å². The van der Waals surface area contributed by atoms with Crippen molar-refractivity contribution in [1.82, 2.24) is 9.88 Å². The number of hydrogen-bond donors (Lipinski definition) is 1.